The van der Waals surface area contributed by atoms with Crippen LogP contribution in [0.2, 0.25) is 0 Å². The van der Waals surface area contributed by atoms with Crippen LogP contribution in [-0.2, 0) is 19.1 Å². The minimum Gasteiger partial charge on any atom is -0.504 e. The SMILES string of the molecule is COC(=O)C(=Cc1cccc(O)c1O)C(=O)OC. The molecule has 0 bridgehead atoms. The van der Waals surface area contributed by atoms with Crippen LogP contribution in [0.25, 0.3) is 6.08 Å². The number of para-hydroxylation sites is 1. The van der Waals surface area contributed by atoms with Gasteiger partial charge in [-0.3, -0.25) is 0 Å². The molecule has 6 nitrogen and oxygen atoms in total. The lowest BCUT2D eigenvalue weighted by Gasteiger charge is -2.05. The maximum atomic E-state index is 11.4. The molecule has 0 amide bonds. The molecule has 6 heteroatoms. The normalized spacial score (nSPS) is 9.44. The molecule has 0 saturated carbocycles. The van der Waals surface area contributed by atoms with Crippen molar-refractivity contribution >= 4 is 18.0 Å². The number of phenolic OH excluding ortho intramolecular Hbond substituents is 2. The minimum absolute atomic E-state index is 0.0980. The van der Waals surface area contributed by atoms with Crippen LogP contribution in [0.3, 0.4) is 0 Å². The standard InChI is InChI=1S/C12H12O6/c1-17-11(15)8(12(16)18-2)6-7-4-3-5-9(13)10(7)14/h3-6,13-14H,1-2H3. The number of esters is 2. The van der Waals surface area contributed by atoms with Crippen LogP contribution < -0.4 is 0 Å². The monoisotopic (exact) mass is 252 g/mol. The number of aromatic hydroxyl groups is 2. The van der Waals surface area contributed by atoms with E-state index in [1.165, 1.54) is 18.2 Å². The second-order valence-corrected chi connectivity index (χ2v) is 3.26. The van der Waals surface area contributed by atoms with E-state index in [9.17, 15) is 19.8 Å². The Hall–Kier alpha value is -2.50. The lowest BCUT2D eigenvalue weighted by atomic mass is 10.1. The fraction of sp³-hybridized carbons (Fsp3) is 0.167. The summed E-state index contributed by atoms with van der Waals surface area (Å²) < 4.78 is 8.85. The second kappa shape index (κ2) is 5.72. The van der Waals surface area contributed by atoms with Crippen molar-refractivity contribution in [3.05, 3.63) is 29.3 Å². The third-order valence-electron chi connectivity index (χ3n) is 2.16. The van der Waals surface area contributed by atoms with Crippen LogP contribution in [0, 0.1) is 0 Å². The maximum absolute atomic E-state index is 11.4. The topological polar surface area (TPSA) is 93.1 Å². The second-order valence-electron chi connectivity index (χ2n) is 3.26. The molecule has 2 N–H and O–H groups in total. The highest BCUT2D eigenvalue weighted by molar-refractivity contribution is 6.17. The van der Waals surface area contributed by atoms with Crippen LogP contribution >= 0.6 is 0 Å². The smallest absolute Gasteiger partial charge is 0.345 e. The molecular weight excluding hydrogens is 240 g/mol. The van der Waals surface area contributed by atoms with Crippen molar-refractivity contribution in [3.63, 3.8) is 0 Å². The van der Waals surface area contributed by atoms with E-state index >= 15 is 0 Å². The Morgan fingerprint density at radius 2 is 1.67 bits per heavy atom. The van der Waals surface area contributed by atoms with Gasteiger partial charge in [0.25, 0.3) is 0 Å². The van der Waals surface area contributed by atoms with E-state index in [-0.39, 0.29) is 16.9 Å². The van der Waals surface area contributed by atoms with Crippen molar-refractivity contribution in [2.45, 2.75) is 0 Å². The van der Waals surface area contributed by atoms with Gasteiger partial charge in [0.1, 0.15) is 5.57 Å². The third kappa shape index (κ3) is 2.79. The third-order valence-corrected chi connectivity index (χ3v) is 2.16. The summed E-state index contributed by atoms with van der Waals surface area (Å²) in [7, 11) is 2.23. The Labute approximate surface area is 103 Å². The zero-order valence-electron chi connectivity index (χ0n) is 9.84. The zero-order valence-corrected chi connectivity index (χ0v) is 9.84. The van der Waals surface area contributed by atoms with Crippen LogP contribution in [0.15, 0.2) is 23.8 Å². The first kappa shape index (κ1) is 13.6. The molecule has 0 radical (unpaired) electrons. The van der Waals surface area contributed by atoms with Gasteiger partial charge in [0, 0.05) is 5.56 Å². The number of rotatable bonds is 3. The Morgan fingerprint density at radius 1 is 1.11 bits per heavy atom. The van der Waals surface area contributed by atoms with Crippen LogP contribution in [0.4, 0.5) is 0 Å². The number of methoxy groups -OCH3 is 2. The minimum atomic E-state index is -0.899. The Kier molecular flexibility index (Phi) is 4.31. The molecule has 0 atom stereocenters. The summed E-state index contributed by atoms with van der Waals surface area (Å²) in [5, 5.41) is 18.8. The number of hydrogen-bond donors (Lipinski definition) is 2. The highest BCUT2D eigenvalue weighted by atomic mass is 16.5. The van der Waals surface area contributed by atoms with E-state index in [4.69, 9.17) is 0 Å². The summed E-state index contributed by atoms with van der Waals surface area (Å²) in [6, 6.07) is 4.14. The molecule has 0 aromatic heterocycles. The fourth-order valence-electron chi connectivity index (χ4n) is 1.24. The number of carbonyl (C=O) groups excluding carboxylic acids is 2. The summed E-state index contributed by atoms with van der Waals surface area (Å²) in [5.41, 5.74) is -0.290. The molecule has 0 saturated heterocycles. The van der Waals surface area contributed by atoms with E-state index in [1.54, 1.807) is 0 Å². The Balaban J connectivity index is 3.28. The first-order valence-corrected chi connectivity index (χ1v) is 4.90. The van der Waals surface area contributed by atoms with Gasteiger partial charge in [-0.25, -0.2) is 9.59 Å². The fourth-order valence-corrected chi connectivity index (χ4v) is 1.24. The largest absolute Gasteiger partial charge is 0.504 e. The van der Waals surface area contributed by atoms with Gasteiger partial charge in [0.15, 0.2) is 11.5 Å². The molecule has 0 aliphatic carbocycles. The molecule has 0 aliphatic rings. The number of hydrogen-bond acceptors (Lipinski definition) is 6. The summed E-state index contributed by atoms with van der Waals surface area (Å²) in [5.74, 6) is -2.60. The summed E-state index contributed by atoms with van der Waals surface area (Å²) in [6.07, 6.45) is 1.08. The summed E-state index contributed by atoms with van der Waals surface area (Å²) in [6.45, 7) is 0. The van der Waals surface area contributed by atoms with Gasteiger partial charge in [-0.2, -0.15) is 0 Å². The number of ether oxygens (including phenoxy) is 2. The molecule has 0 unspecified atom stereocenters. The van der Waals surface area contributed by atoms with E-state index in [1.807, 2.05) is 0 Å². The molecule has 1 rings (SSSR count). The predicted octanol–water partition coefficient (Wildman–Crippen LogP) is 0.827. The van der Waals surface area contributed by atoms with Crippen molar-refractivity contribution in [1.29, 1.82) is 0 Å². The zero-order chi connectivity index (χ0) is 13.7. The van der Waals surface area contributed by atoms with Crippen molar-refractivity contribution in [2.24, 2.45) is 0 Å². The Morgan fingerprint density at radius 3 is 2.17 bits per heavy atom. The van der Waals surface area contributed by atoms with Gasteiger partial charge in [0.05, 0.1) is 14.2 Å². The highest BCUT2D eigenvalue weighted by Gasteiger charge is 2.20. The molecule has 18 heavy (non-hydrogen) atoms. The summed E-state index contributed by atoms with van der Waals surface area (Å²) in [4.78, 5) is 22.8. The van der Waals surface area contributed by atoms with Gasteiger partial charge >= 0.3 is 11.9 Å². The van der Waals surface area contributed by atoms with Crippen molar-refractivity contribution in [3.8, 4) is 11.5 Å². The highest BCUT2D eigenvalue weighted by Crippen LogP contribution is 2.30. The molecule has 0 fully saturated rings. The molecule has 1 aromatic rings. The van der Waals surface area contributed by atoms with Crippen molar-refractivity contribution in [2.75, 3.05) is 14.2 Å². The van der Waals surface area contributed by atoms with Crippen molar-refractivity contribution < 1.29 is 29.3 Å². The maximum Gasteiger partial charge on any atom is 0.345 e. The first-order chi connectivity index (χ1) is 8.51. The summed E-state index contributed by atoms with van der Waals surface area (Å²) >= 11 is 0. The van der Waals surface area contributed by atoms with Crippen LogP contribution in [-0.4, -0.2) is 36.4 Å². The molecular formula is C12H12O6. The van der Waals surface area contributed by atoms with Gasteiger partial charge in [-0.05, 0) is 12.1 Å². The predicted molar refractivity (Wildman–Crippen MR) is 61.8 cm³/mol. The number of benzene rings is 1. The van der Waals surface area contributed by atoms with E-state index in [0.29, 0.717) is 0 Å². The van der Waals surface area contributed by atoms with E-state index in [2.05, 4.69) is 9.47 Å². The van der Waals surface area contributed by atoms with Crippen LogP contribution in [0.1, 0.15) is 5.56 Å². The lowest BCUT2D eigenvalue weighted by Crippen LogP contribution is -2.15. The van der Waals surface area contributed by atoms with Gasteiger partial charge in [0.2, 0.25) is 0 Å². The van der Waals surface area contributed by atoms with Crippen molar-refractivity contribution in [1.82, 2.24) is 0 Å². The van der Waals surface area contributed by atoms with Gasteiger partial charge < -0.3 is 19.7 Å². The van der Waals surface area contributed by atoms with E-state index in [0.717, 1.165) is 20.3 Å². The molecule has 0 aliphatic heterocycles. The molecule has 0 spiro atoms. The molecule has 1 aromatic carbocycles. The first-order valence-electron chi connectivity index (χ1n) is 4.90. The molecule has 0 heterocycles. The quantitative estimate of drug-likeness (QED) is 0.272. The molecule has 96 valence electrons. The lowest BCUT2D eigenvalue weighted by molar-refractivity contribution is -0.143. The number of carbonyl (C=O) groups is 2. The van der Waals surface area contributed by atoms with Crippen LogP contribution in [0.5, 0.6) is 11.5 Å². The Bertz CT molecular complexity index is 485. The number of phenols is 2. The average molecular weight is 252 g/mol. The average Bonchev–Trinajstić information content (AvgIpc) is 2.38. The van der Waals surface area contributed by atoms with Gasteiger partial charge in [-0.15, -0.1) is 0 Å². The van der Waals surface area contributed by atoms with E-state index < -0.39 is 17.7 Å². The van der Waals surface area contributed by atoms with Gasteiger partial charge in [-0.1, -0.05) is 12.1 Å².